The monoisotopic (exact) mass is 318 g/mol. The van der Waals surface area contributed by atoms with Crippen LogP contribution in [0.3, 0.4) is 0 Å². The number of hydrogen-bond acceptors (Lipinski definition) is 3. The molecule has 1 N–H and O–H groups in total. The van der Waals surface area contributed by atoms with Gasteiger partial charge >= 0.3 is 0 Å². The SMILES string of the molecule is C=C(C(=O)NCc1ccc(OC)cc1)c1ccc2ncccc2c1. The lowest BCUT2D eigenvalue weighted by Gasteiger charge is -2.09. The van der Waals surface area contributed by atoms with Crippen molar-refractivity contribution in [3.05, 3.63) is 78.5 Å². The van der Waals surface area contributed by atoms with Crippen LogP contribution in [0.4, 0.5) is 0 Å². The molecule has 4 nitrogen and oxygen atoms in total. The third-order valence-corrected chi connectivity index (χ3v) is 3.84. The number of ether oxygens (including phenoxy) is 1. The molecule has 1 heterocycles. The number of pyridine rings is 1. The number of fused-ring (bicyclic) bond motifs is 1. The molecular weight excluding hydrogens is 300 g/mol. The van der Waals surface area contributed by atoms with E-state index in [0.29, 0.717) is 12.1 Å². The molecule has 0 spiro atoms. The molecule has 24 heavy (non-hydrogen) atoms. The van der Waals surface area contributed by atoms with E-state index in [0.717, 1.165) is 27.8 Å². The van der Waals surface area contributed by atoms with Crippen molar-refractivity contribution in [1.29, 1.82) is 0 Å². The van der Waals surface area contributed by atoms with Gasteiger partial charge in [-0.15, -0.1) is 0 Å². The third kappa shape index (κ3) is 3.43. The maximum atomic E-state index is 12.3. The van der Waals surface area contributed by atoms with Crippen molar-refractivity contribution in [1.82, 2.24) is 10.3 Å². The Morgan fingerprint density at radius 2 is 1.96 bits per heavy atom. The van der Waals surface area contributed by atoms with Crippen molar-refractivity contribution >= 4 is 22.4 Å². The second kappa shape index (κ2) is 6.96. The zero-order valence-corrected chi connectivity index (χ0v) is 13.5. The van der Waals surface area contributed by atoms with Gasteiger partial charge in [0.1, 0.15) is 5.75 Å². The predicted octanol–water partition coefficient (Wildman–Crippen LogP) is 3.57. The molecule has 2 aromatic carbocycles. The van der Waals surface area contributed by atoms with Crippen molar-refractivity contribution in [2.24, 2.45) is 0 Å². The summed E-state index contributed by atoms with van der Waals surface area (Å²) in [4.78, 5) is 16.6. The molecule has 1 amide bonds. The average molecular weight is 318 g/mol. The fourth-order valence-corrected chi connectivity index (χ4v) is 2.43. The number of rotatable bonds is 5. The summed E-state index contributed by atoms with van der Waals surface area (Å²) in [5.74, 6) is 0.605. The van der Waals surface area contributed by atoms with E-state index in [-0.39, 0.29) is 5.91 Å². The van der Waals surface area contributed by atoms with Crippen LogP contribution in [0.25, 0.3) is 16.5 Å². The Morgan fingerprint density at radius 1 is 1.17 bits per heavy atom. The van der Waals surface area contributed by atoms with Gasteiger partial charge in [-0.2, -0.15) is 0 Å². The van der Waals surface area contributed by atoms with Crippen LogP contribution in [0.1, 0.15) is 11.1 Å². The van der Waals surface area contributed by atoms with Gasteiger partial charge in [0.25, 0.3) is 5.91 Å². The highest BCUT2D eigenvalue weighted by molar-refractivity contribution is 6.19. The number of carbonyl (C=O) groups is 1. The number of amides is 1. The van der Waals surface area contributed by atoms with Crippen molar-refractivity contribution in [2.45, 2.75) is 6.54 Å². The maximum Gasteiger partial charge on any atom is 0.251 e. The summed E-state index contributed by atoms with van der Waals surface area (Å²) in [7, 11) is 1.62. The lowest BCUT2D eigenvalue weighted by Crippen LogP contribution is -2.23. The average Bonchev–Trinajstić information content (AvgIpc) is 2.65. The molecule has 0 unspecified atom stereocenters. The van der Waals surface area contributed by atoms with Crippen LogP contribution in [0.2, 0.25) is 0 Å². The standard InChI is InChI=1S/C20H18N2O2/c1-14(16-7-10-19-17(12-16)4-3-11-21-19)20(23)22-13-15-5-8-18(24-2)9-6-15/h3-12H,1,13H2,2H3,(H,22,23). The Hall–Kier alpha value is -3.14. The molecule has 0 saturated heterocycles. The minimum absolute atomic E-state index is 0.186. The number of benzene rings is 2. The predicted molar refractivity (Wildman–Crippen MR) is 95.6 cm³/mol. The van der Waals surface area contributed by atoms with Gasteiger partial charge in [0, 0.05) is 23.7 Å². The summed E-state index contributed by atoms with van der Waals surface area (Å²) in [6.45, 7) is 4.36. The van der Waals surface area contributed by atoms with Crippen LogP contribution in [0.15, 0.2) is 67.4 Å². The van der Waals surface area contributed by atoms with Crippen molar-refractivity contribution in [3.8, 4) is 5.75 Å². The maximum absolute atomic E-state index is 12.3. The Kier molecular flexibility index (Phi) is 4.57. The number of aromatic nitrogens is 1. The number of hydrogen-bond donors (Lipinski definition) is 1. The fraction of sp³-hybridized carbons (Fsp3) is 0.100. The summed E-state index contributed by atoms with van der Waals surface area (Å²) in [5, 5.41) is 3.87. The highest BCUT2D eigenvalue weighted by Crippen LogP contribution is 2.19. The summed E-state index contributed by atoms with van der Waals surface area (Å²) < 4.78 is 5.12. The van der Waals surface area contributed by atoms with Crippen LogP contribution < -0.4 is 10.1 Å². The van der Waals surface area contributed by atoms with Crippen LogP contribution in [-0.4, -0.2) is 18.0 Å². The second-order valence-electron chi connectivity index (χ2n) is 5.42. The van der Waals surface area contributed by atoms with Gasteiger partial charge in [0.15, 0.2) is 0 Å². The van der Waals surface area contributed by atoms with E-state index >= 15 is 0 Å². The summed E-state index contributed by atoms with van der Waals surface area (Å²) >= 11 is 0. The van der Waals surface area contributed by atoms with Gasteiger partial charge in [-0.05, 0) is 41.5 Å². The molecule has 0 bridgehead atoms. The van der Waals surface area contributed by atoms with E-state index in [9.17, 15) is 4.79 Å². The first-order chi connectivity index (χ1) is 11.7. The normalized spacial score (nSPS) is 10.4. The van der Waals surface area contributed by atoms with Gasteiger partial charge < -0.3 is 10.1 Å². The van der Waals surface area contributed by atoms with Crippen LogP contribution in [0.5, 0.6) is 5.75 Å². The first-order valence-corrected chi connectivity index (χ1v) is 7.62. The first kappa shape index (κ1) is 15.7. The van der Waals surface area contributed by atoms with E-state index < -0.39 is 0 Å². The molecule has 0 fully saturated rings. The number of carbonyl (C=O) groups excluding carboxylic acids is 1. The van der Waals surface area contributed by atoms with Crippen molar-refractivity contribution < 1.29 is 9.53 Å². The second-order valence-corrected chi connectivity index (χ2v) is 5.42. The molecule has 0 aliphatic carbocycles. The zero-order chi connectivity index (χ0) is 16.9. The van der Waals surface area contributed by atoms with Gasteiger partial charge in [-0.25, -0.2) is 0 Å². The van der Waals surface area contributed by atoms with Crippen LogP contribution in [-0.2, 0) is 11.3 Å². The molecule has 3 aromatic rings. The van der Waals surface area contributed by atoms with E-state index in [1.165, 1.54) is 0 Å². The molecule has 1 aromatic heterocycles. The summed E-state index contributed by atoms with van der Waals surface area (Å²) in [5.41, 5.74) is 3.13. The van der Waals surface area contributed by atoms with E-state index in [1.54, 1.807) is 13.3 Å². The van der Waals surface area contributed by atoms with Crippen LogP contribution >= 0.6 is 0 Å². The minimum atomic E-state index is -0.186. The fourth-order valence-electron chi connectivity index (χ4n) is 2.43. The largest absolute Gasteiger partial charge is 0.497 e. The molecule has 0 saturated carbocycles. The van der Waals surface area contributed by atoms with E-state index in [2.05, 4.69) is 16.9 Å². The lowest BCUT2D eigenvalue weighted by atomic mass is 10.0. The zero-order valence-electron chi connectivity index (χ0n) is 13.5. The van der Waals surface area contributed by atoms with Crippen LogP contribution in [0, 0.1) is 0 Å². The Labute approximate surface area is 140 Å². The quantitative estimate of drug-likeness (QED) is 0.732. The van der Waals surface area contributed by atoms with Gasteiger partial charge in [-0.1, -0.05) is 30.8 Å². The number of nitrogens with one attached hydrogen (secondary N) is 1. The van der Waals surface area contributed by atoms with E-state index in [1.807, 2.05) is 54.6 Å². The highest BCUT2D eigenvalue weighted by atomic mass is 16.5. The lowest BCUT2D eigenvalue weighted by molar-refractivity contribution is -0.115. The van der Waals surface area contributed by atoms with Gasteiger partial charge in [0.2, 0.25) is 0 Å². The van der Waals surface area contributed by atoms with Gasteiger partial charge in [0.05, 0.1) is 12.6 Å². The highest BCUT2D eigenvalue weighted by Gasteiger charge is 2.10. The molecule has 0 radical (unpaired) electrons. The Bertz CT molecular complexity index is 886. The summed E-state index contributed by atoms with van der Waals surface area (Å²) in [6, 6.07) is 17.1. The molecule has 0 aliphatic heterocycles. The molecule has 0 atom stereocenters. The first-order valence-electron chi connectivity index (χ1n) is 7.62. The molecule has 4 heteroatoms. The van der Waals surface area contributed by atoms with Crippen molar-refractivity contribution in [2.75, 3.05) is 7.11 Å². The van der Waals surface area contributed by atoms with Gasteiger partial charge in [-0.3, -0.25) is 9.78 Å². The number of methoxy groups -OCH3 is 1. The Balaban J connectivity index is 1.67. The van der Waals surface area contributed by atoms with Crippen molar-refractivity contribution in [3.63, 3.8) is 0 Å². The Morgan fingerprint density at radius 3 is 2.71 bits per heavy atom. The molecular formula is C20H18N2O2. The molecule has 120 valence electrons. The van der Waals surface area contributed by atoms with E-state index in [4.69, 9.17) is 4.74 Å². The molecule has 0 aliphatic rings. The summed E-state index contributed by atoms with van der Waals surface area (Å²) in [6.07, 6.45) is 1.75. The topological polar surface area (TPSA) is 51.2 Å². The minimum Gasteiger partial charge on any atom is -0.497 e. The third-order valence-electron chi connectivity index (χ3n) is 3.84. The molecule has 3 rings (SSSR count). The number of nitrogens with zero attached hydrogens (tertiary/aromatic N) is 1. The smallest absolute Gasteiger partial charge is 0.251 e.